The molecule has 1 aliphatic heterocycles. The molecule has 0 aliphatic carbocycles. The van der Waals surface area contributed by atoms with E-state index >= 15 is 0 Å². The van der Waals surface area contributed by atoms with Crippen molar-refractivity contribution >= 4 is 27.5 Å². The van der Waals surface area contributed by atoms with E-state index in [4.69, 9.17) is 11.6 Å². The molecule has 8 heteroatoms. The standard InChI is InChI=1S/C13H17ClN2O4S/c1-21(19,20)16-6-2-3-10(8-16)15-13(18)11-7-9(14)4-5-12(11)17/h4-5,7,10,17H,2-3,6,8H2,1H3,(H,15,18)/t10-/m1/s1. The molecule has 1 amide bonds. The van der Waals surface area contributed by atoms with Gasteiger partial charge in [0.05, 0.1) is 11.8 Å². The number of carbonyl (C=O) groups is 1. The lowest BCUT2D eigenvalue weighted by atomic mass is 10.1. The summed E-state index contributed by atoms with van der Waals surface area (Å²) in [4.78, 5) is 12.1. The third-order valence-electron chi connectivity index (χ3n) is 3.39. The molecule has 2 rings (SSSR count). The summed E-state index contributed by atoms with van der Waals surface area (Å²) in [5.74, 6) is -0.622. The van der Waals surface area contributed by atoms with Gasteiger partial charge in [0.25, 0.3) is 5.91 Å². The fourth-order valence-electron chi connectivity index (χ4n) is 2.31. The number of carbonyl (C=O) groups excluding carboxylic acids is 1. The van der Waals surface area contributed by atoms with Gasteiger partial charge >= 0.3 is 0 Å². The van der Waals surface area contributed by atoms with E-state index in [1.165, 1.54) is 22.5 Å². The van der Waals surface area contributed by atoms with E-state index in [-0.39, 0.29) is 23.9 Å². The van der Waals surface area contributed by atoms with Gasteiger partial charge in [-0.05, 0) is 31.0 Å². The number of aromatic hydroxyl groups is 1. The van der Waals surface area contributed by atoms with Crippen molar-refractivity contribution in [2.75, 3.05) is 19.3 Å². The zero-order valence-corrected chi connectivity index (χ0v) is 13.1. The molecule has 0 saturated carbocycles. The number of nitrogens with one attached hydrogen (secondary N) is 1. The van der Waals surface area contributed by atoms with E-state index in [1.54, 1.807) is 0 Å². The molecular weight excluding hydrogens is 316 g/mol. The van der Waals surface area contributed by atoms with Gasteiger partial charge in [0.15, 0.2) is 0 Å². The molecule has 0 spiro atoms. The molecule has 0 radical (unpaired) electrons. The topological polar surface area (TPSA) is 86.7 Å². The van der Waals surface area contributed by atoms with E-state index in [1.807, 2.05) is 0 Å². The lowest BCUT2D eigenvalue weighted by Gasteiger charge is -2.31. The highest BCUT2D eigenvalue weighted by atomic mass is 35.5. The van der Waals surface area contributed by atoms with Gasteiger partial charge in [-0.2, -0.15) is 0 Å². The van der Waals surface area contributed by atoms with Gasteiger partial charge in [-0.15, -0.1) is 0 Å². The van der Waals surface area contributed by atoms with E-state index in [2.05, 4.69) is 5.32 Å². The Bertz CT molecular complexity index is 648. The van der Waals surface area contributed by atoms with Crippen LogP contribution in [0, 0.1) is 0 Å². The van der Waals surface area contributed by atoms with Crippen molar-refractivity contribution in [1.29, 1.82) is 0 Å². The SMILES string of the molecule is CS(=O)(=O)N1CCC[C@@H](NC(=O)c2cc(Cl)ccc2O)C1. The summed E-state index contributed by atoms with van der Waals surface area (Å²) >= 11 is 5.81. The number of hydrogen-bond donors (Lipinski definition) is 2. The first-order chi connectivity index (χ1) is 9.77. The molecule has 0 aromatic heterocycles. The van der Waals surface area contributed by atoms with Gasteiger partial charge in [-0.3, -0.25) is 4.79 Å². The van der Waals surface area contributed by atoms with E-state index in [0.717, 1.165) is 6.26 Å². The molecule has 1 aromatic rings. The maximum absolute atomic E-state index is 12.1. The second-order valence-corrected chi connectivity index (χ2v) is 7.51. The van der Waals surface area contributed by atoms with Crippen LogP contribution in [0.5, 0.6) is 5.75 Å². The zero-order chi connectivity index (χ0) is 15.6. The number of halogens is 1. The van der Waals surface area contributed by atoms with Gasteiger partial charge in [0, 0.05) is 24.2 Å². The van der Waals surface area contributed by atoms with Crippen molar-refractivity contribution in [3.05, 3.63) is 28.8 Å². The molecular formula is C13H17ClN2O4S. The predicted molar refractivity (Wildman–Crippen MR) is 80.0 cm³/mol. The molecule has 6 nitrogen and oxygen atoms in total. The highest BCUT2D eigenvalue weighted by molar-refractivity contribution is 7.88. The van der Waals surface area contributed by atoms with Crippen LogP contribution in [0.25, 0.3) is 0 Å². The van der Waals surface area contributed by atoms with Crippen molar-refractivity contribution in [3.63, 3.8) is 0 Å². The number of piperidine rings is 1. The average Bonchev–Trinajstić information content (AvgIpc) is 2.41. The molecule has 1 heterocycles. The highest BCUT2D eigenvalue weighted by Crippen LogP contribution is 2.22. The summed E-state index contributed by atoms with van der Waals surface area (Å²) in [7, 11) is -3.26. The smallest absolute Gasteiger partial charge is 0.255 e. The number of phenolic OH excluding ortho intramolecular Hbond substituents is 1. The Kier molecular flexibility index (Phi) is 4.75. The van der Waals surface area contributed by atoms with Gasteiger partial charge in [0.1, 0.15) is 5.75 Å². The largest absolute Gasteiger partial charge is 0.507 e. The van der Waals surface area contributed by atoms with E-state index < -0.39 is 15.9 Å². The second kappa shape index (κ2) is 6.21. The first-order valence-electron chi connectivity index (χ1n) is 6.52. The number of hydrogen-bond acceptors (Lipinski definition) is 4. The Labute approximate surface area is 128 Å². The molecule has 21 heavy (non-hydrogen) atoms. The van der Waals surface area contributed by atoms with Gasteiger partial charge < -0.3 is 10.4 Å². The number of phenols is 1. The van der Waals surface area contributed by atoms with E-state index in [9.17, 15) is 18.3 Å². The number of sulfonamides is 1. The third kappa shape index (κ3) is 4.09. The van der Waals surface area contributed by atoms with E-state index in [0.29, 0.717) is 24.4 Å². The second-order valence-electron chi connectivity index (χ2n) is 5.10. The van der Waals surface area contributed by atoms with Crippen molar-refractivity contribution in [2.24, 2.45) is 0 Å². The van der Waals surface area contributed by atoms with Crippen LogP contribution in [-0.2, 0) is 10.0 Å². The predicted octanol–water partition coefficient (Wildman–Crippen LogP) is 1.20. The first kappa shape index (κ1) is 16.1. The Hall–Kier alpha value is -1.31. The van der Waals surface area contributed by atoms with Gasteiger partial charge in [-0.1, -0.05) is 11.6 Å². The fraction of sp³-hybridized carbons (Fsp3) is 0.462. The summed E-state index contributed by atoms with van der Waals surface area (Å²) in [6.07, 6.45) is 2.53. The summed E-state index contributed by atoms with van der Waals surface area (Å²) in [5, 5.41) is 12.8. The van der Waals surface area contributed by atoms with Crippen molar-refractivity contribution in [2.45, 2.75) is 18.9 Å². The van der Waals surface area contributed by atoms with Crippen molar-refractivity contribution < 1.29 is 18.3 Å². The summed E-state index contributed by atoms with van der Waals surface area (Å²) in [6.45, 7) is 0.708. The van der Waals surface area contributed by atoms with Crippen LogP contribution in [-0.4, -0.2) is 49.1 Å². The lowest BCUT2D eigenvalue weighted by Crippen LogP contribution is -2.49. The van der Waals surface area contributed by atoms with Crippen LogP contribution in [0.1, 0.15) is 23.2 Å². The van der Waals surface area contributed by atoms with Crippen molar-refractivity contribution in [3.8, 4) is 5.75 Å². The Balaban J connectivity index is 2.07. The molecule has 1 saturated heterocycles. The minimum atomic E-state index is -3.26. The summed E-state index contributed by atoms with van der Waals surface area (Å²) in [6, 6.07) is 3.93. The molecule has 1 aromatic carbocycles. The zero-order valence-electron chi connectivity index (χ0n) is 11.5. The van der Waals surface area contributed by atoms with Crippen LogP contribution in [0.2, 0.25) is 5.02 Å². The first-order valence-corrected chi connectivity index (χ1v) is 8.74. The third-order valence-corrected chi connectivity index (χ3v) is 4.90. The fourth-order valence-corrected chi connectivity index (χ4v) is 3.40. The Morgan fingerprint density at radius 1 is 1.48 bits per heavy atom. The Morgan fingerprint density at radius 3 is 2.86 bits per heavy atom. The maximum atomic E-state index is 12.1. The van der Waals surface area contributed by atoms with Crippen LogP contribution >= 0.6 is 11.6 Å². The average molecular weight is 333 g/mol. The lowest BCUT2D eigenvalue weighted by molar-refractivity contribution is 0.0919. The van der Waals surface area contributed by atoms with Gasteiger partial charge in [0.2, 0.25) is 10.0 Å². The van der Waals surface area contributed by atoms with Crippen molar-refractivity contribution in [1.82, 2.24) is 9.62 Å². The Morgan fingerprint density at radius 2 is 2.19 bits per heavy atom. The molecule has 1 fully saturated rings. The number of nitrogens with zero attached hydrogens (tertiary/aromatic N) is 1. The molecule has 2 N–H and O–H groups in total. The molecule has 116 valence electrons. The van der Waals surface area contributed by atoms with Crippen LogP contribution in [0.15, 0.2) is 18.2 Å². The number of rotatable bonds is 3. The molecule has 0 unspecified atom stereocenters. The molecule has 1 atom stereocenters. The maximum Gasteiger partial charge on any atom is 0.255 e. The highest BCUT2D eigenvalue weighted by Gasteiger charge is 2.27. The normalized spacial score (nSPS) is 20.2. The summed E-state index contributed by atoms with van der Waals surface area (Å²) < 4.78 is 24.4. The van der Waals surface area contributed by atoms with Crippen LogP contribution in [0.4, 0.5) is 0 Å². The van der Waals surface area contributed by atoms with Crippen LogP contribution in [0.3, 0.4) is 0 Å². The number of amides is 1. The van der Waals surface area contributed by atoms with Crippen LogP contribution < -0.4 is 5.32 Å². The summed E-state index contributed by atoms with van der Waals surface area (Å²) in [5.41, 5.74) is 0.0824. The monoisotopic (exact) mass is 332 g/mol. The minimum absolute atomic E-state index is 0.0824. The number of benzene rings is 1. The minimum Gasteiger partial charge on any atom is -0.507 e. The molecule has 0 bridgehead atoms. The quantitative estimate of drug-likeness (QED) is 0.870. The molecule has 1 aliphatic rings. The van der Waals surface area contributed by atoms with Gasteiger partial charge in [-0.25, -0.2) is 12.7 Å².